The van der Waals surface area contributed by atoms with Crippen molar-refractivity contribution in [2.45, 2.75) is 24.4 Å². The third-order valence-electron chi connectivity index (χ3n) is 8.04. The molecule has 0 aliphatic rings. The van der Waals surface area contributed by atoms with Crippen LogP contribution in [0.2, 0.25) is 0 Å². The zero-order valence-corrected chi connectivity index (χ0v) is 31.4. The Bertz CT molecular complexity index is 2310. The quantitative estimate of drug-likeness (QED) is 0.0315. The molecule has 0 saturated heterocycles. The first-order chi connectivity index (χ1) is 29.3. The molecular formula is C42H34O20. The van der Waals surface area contributed by atoms with Crippen LogP contribution in [-0.4, -0.2) is 111 Å². The third kappa shape index (κ3) is 13.0. The van der Waals surface area contributed by atoms with E-state index in [-0.39, 0.29) is 22.3 Å². The number of benzene rings is 4. The topological polar surface area (TPSA) is 342 Å². The zero-order chi connectivity index (χ0) is 45.7. The summed E-state index contributed by atoms with van der Waals surface area (Å²) in [6.07, 6.45) is -4.60. The van der Waals surface area contributed by atoms with Gasteiger partial charge in [0.1, 0.15) is 0 Å². The van der Waals surface area contributed by atoms with Crippen molar-refractivity contribution in [1.29, 1.82) is 0 Å². The highest BCUT2D eigenvalue weighted by atomic mass is 16.6. The molecule has 0 radical (unpaired) electrons. The standard InChI is InChI=1S/C42H34O20/c43-25-9-1-21(17-29(25)47)5-13-33(51)59-37(39(41(55)56)61-35(53)15-7-23-3-11-27(45)31(49)19-23)38(60-34(52)14-6-22-2-10-26(44)30(48)18-22)40(42(57)58)62-36(54)16-8-24-4-12-28(46)32(50)20-24/h1-20,37-40,43-50H,(H,55,56)(H,57,58)/b13-5+,14-6+,15-7+,16-8+/t37-,38-,39+,40+/m1/s1. The summed E-state index contributed by atoms with van der Waals surface area (Å²) >= 11 is 0. The van der Waals surface area contributed by atoms with Crippen LogP contribution >= 0.6 is 0 Å². The van der Waals surface area contributed by atoms with Crippen molar-refractivity contribution in [1.82, 2.24) is 0 Å². The molecule has 4 aromatic rings. The fraction of sp³-hybridized carbons (Fsp3) is 0.0952. The number of carboxylic acid groups (broad SMARTS) is 2. The molecule has 4 rings (SSSR count). The van der Waals surface area contributed by atoms with Gasteiger partial charge in [0.2, 0.25) is 12.2 Å². The number of hydrogen-bond acceptors (Lipinski definition) is 18. The predicted octanol–water partition coefficient (Wildman–Crippen LogP) is 3.30. The van der Waals surface area contributed by atoms with Crippen LogP contribution in [0, 0.1) is 0 Å². The summed E-state index contributed by atoms with van der Waals surface area (Å²) < 4.78 is 20.7. The fourth-order valence-corrected chi connectivity index (χ4v) is 5.03. The molecule has 0 saturated carbocycles. The molecule has 0 aromatic heterocycles. The predicted molar refractivity (Wildman–Crippen MR) is 210 cm³/mol. The van der Waals surface area contributed by atoms with Gasteiger partial charge in [0, 0.05) is 24.3 Å². The molecule has 322 valence electrons. The van der Waals surface area contributed by atoms with E-state index in [9.17, 15) is 79.8 Å². The molecule has 0 aliphatic heterocycles. The molecular weight excluding hydrogens is 824 g/mol. The molecule has 0 bridgehead atoms. The van der Waals surface area contributed by atoms with E-state index in [1.807, 2.05) is 0 Å². The van der Waals surface area contributed by atoms with Gasteiger partial charge in [-0.15, -0.1) is 0 Å². The van der Waals surface area contributed by atoms with Crippen molar-refractivity contribution in [3.8, 4) is 46.0 Å². The van der Waals surface area contributed by atoms with Crippen LogP contribution in [0.4, 0.5) is 0 Å². The number of phenolic OH excluding ortho intramolecular Hbond substituents is 8. The number of hydrogen-bond donors (Lipinski definition) is 10. The summed E-state index contributed by atoms with van der Waals surface area (Å²) in [5.74, 6) is -14.9. The van der Waals surface area contributed by atoms with E-state index in [1.165, 1.54) is 24.3 Å². The van der Waals surface area contributed by atoms with Crippen molar-refractivity contribution < 1.29 is 98.8 Å². The summed E-state index contributed by atoms with van der Waals surface area (Å²) in [4.78, 5) is 78.4. The first kappa shape index (κ1) is 45.8. The summed E-state index contributed by atoms with van der Waals surface area (Å²) in [5.41, 5.74) is 0.262. The van der Waals surface area contributed by atoms with Gasteiger partial charge < -0.3 is 70.0 Å². The van der Waals surface area contributed by atoms with Crippen LogP contribution < -0.4 is 0 Å². The number of aromatic hydroxyl groups is 8. The summed E-state index contributed by atoms with van der Waals surface area (Å²) in [6.45, 7) is 0. The van der Waals surface area contributed by atoms with Gasteiger partial charge in [-0.25, -0.2) is 28.8 Å². The Morgan fingerprint density at radius 1 is 0.355 bits per heavy atom. The maximum absolute atomic E-state index is 13.3. The highest BCUT2D eigenvalue weighted by Crippen LogP contribution is 2.29. The van der Waals surface area contributed by atoms with Gasteiger partial charge in [-0.05, 0) is 95.1 Å². The minimum absolute atomic E-state index is 0.0554. The Morgan fingerprint density at radius 2 is 0.581 bits per heavy atom. The van der Waals surface area contributed by atoms with Crippen LogP contribution in [0.1, 0.15) is 22.3 Å². The first-order valence-corrected chi connectivity index (χ1v) is 17.4. The number of esters is 4. The second-order valence-corrected chi connectivity index (χ2v) is 12.5. The summed E-state index contributed by atoms with van der Waals surface area (Å²) in [5, 5.41) is 98.3. The van der Waals surface area contributed by atoms with Gasteiger partial charge in [0.15, 0.2) is 58.2 Å². The average Bonchev–Trinajstić information content (AvgIpc) is 3.22. The van der Waals surface area contributed by atoms with E-state index in [4.69, 9.17) is 18.9 Å². The van der Waals surface area contributed by atoms with Crippen LogP contribution in [-0.2, 0) is 47.7 Å². The lowest BCUT2D eigenvalue weighted by Crippen LogP contribution is -2.56. The molecule has 4 atom stereocenters. The average molecular weight is 859 g/mol. The summed E-state index contributed by atoms with van der Waals surface area (Å²) in [6, 6.07) is 13.1. The summed E-state index contributed by atoms with van der Waals surface area (Å²) in [7, 11) is 0. The molecule has 62 heavy (non-hydrogen) atoms. The number of carbonyl (C=O) groups is 6. The molecule has 0 fully saturated rings. The number of carbonyl (C=O) groups excluding carboxylic acids is 4. The fourth-order valence-electron chi connectivity index (χ4n) is 5.03. The molecule has 0 aliphatic carbocycles. The maximum atomic E-state index is 13.3. The van der Waals surface area contributed by atoms with E-state index >= 15 is 0 Å². The second kappa shape index (κ2) is 20.7. The lowest BCUT2D eigenvalue weighted by Gasteiger charge is -2.32. The van der Waals surface area contributed by atoms with Crippen molar-refractivity contribution in [2.75, 3.05) is 0 Å². The van der Waals surface area contributed by atoms with E-state index in [1.54, 1.807) is 0 Å². The molecule has 0 heterocycles. The molecule has 20 nitrogen and oxygen atoms in total. The lowest BCUT2D eigenvalue weighted by atomic mass is 10.0. The van der Waals surface area contributed by atoms with Crippen molar-refractivity contribution in [3.05, 3.63) is 119 Å². The van der Waals surface area contributed by atoms with Crippen molar-refractivity contribution in [2.24, 2.45) is 0 Å². The SMILES string of the molecule is O=C(/C=C/c1ccc(O)c(O)c1)O[C@H]([C@@H](OC(=O)/C=C/c1ccc(O)c(O)c1)[C@H](OC(=O)/C=C/c1ccc(O)c(O)c1)C(=O)O)[C@H](OC(=O)/C=C/c1ccc(O)c(O)c1)C(=O)O. The lowest BCUT2D eigenvalue weighted by molar-refractivity contribution is -0.203. The van der Waals surface area contributed by atoms with Crippen LogP contribution in [0.3, 0.4) is 0 Å². The van der Waals surface area contributed by atoms with Gasteiger partial charge in [0.25, 0.3) is 0 Å². The molecule has 10 N–H and O–H groups in total. The Balaban J connectivity index is 1.80. The molecule has 0 amide bonds. The minimum Gasteiger partial charge on any atom is -0.504 e. The number of rotatable bonds is 17. The largest absolute Gasteiger partial charge is 0.504 e. The third-order valence-corrected chi connectivity index (χ3v) is 8.04. The Hall–Kier alpha value is -8.94. The van der Waals surface area contributed by atoms with E-state index in [0.717, 1.165) is 72.8 Å². The maximum Gasteiger partial charge on any atom is 0.349 e. The minimum atomic E-state index is -2.79. The molecule has 4 aromatic carbocycles. The zero-order valence-electron chi connectivity index (χ0n) is 31.4. The van der Waals surface area contributed by atoms with Gasteiger partial charge >= 0.3 is 35.8 Å². The highest BCUT2D eigenvalue weighted by molar-refractivity contribution is 5.92. The van der Waals surface area contributed by atoms with Crippen LogP contribution in [0.5, 0.6) is 46.0 Å². The Morgan fingerprint density at radius 3 is 0.790 bits per heavy atom. The van der Waals surface area contributed by atoms with Gasteiger partial charge in [-0.2, -0.15) is 0 Å². The van der Waals surface area contributed by atoms with E-state index in [0.29, 0.717) is 24.3 Å². The Kier molecular flexibility index (Phi) is 15.2. The van der Waals surface area contributed by atoms with Crippen LogP contribution in [0.15, 0.2) is 97.1 Å². The number of phenols is 8. The van der Waals surface area contributed by atoms with Gasteiger partial charge in [0.05, 0.1) is 0 Å². The second-order valence-electron chi connectivity index (χ2n) is 12.5. The van der Waals surface area contributed by atoms with E-state index in [2.05, 4.69) is 0 Å². The van der Waals surface area contributed by atoms with E-state index < -0.39 is 106 Å². The number of aliphatic carboxylic acids is 2. The van der Waals surface area contributed by atoms with Crippen molar-refractivity contribution in [3.63, 3.8) is 0 Å². The number of carboxylic acids is 2. The van der Waals surface area contributed by atoms with Gasteiger partial charge in [-0.1, -0.05) is 24.3 Å². The monoisotopic (exact) mass is 858 g/mol. The number of ether oxygens (including phenoxy) is 4. The smallest absolute Gasteiger partial charge is 0.349 e. The van der Waals surface area contributed by atoms with Crippen LogP contribution in [0.25, 0.3) is 24.3 Å². The van der Waals surface area contributed by atoms with Gasteiger partial charge in [-0.3, -0.25) is 0 Å². The Labute approximate surface area is 348 Å². The molecule has 0 spiro atoms. The normalized spacial score (nSPS) is 13.4. The van der Waals surface area contributed by atoms with Crippen molar-refractivity contribution >= 4 is 60.1 Å². The first-order valence-electron chi connectivity index (χ1n) is 17.4. The molecule has 0 unspecified atom stereocenters. The highest BCUT2D eigenvalue weighted by Gasteiger charge is 2.49. The molecule has 20 heteroatoms.